The molecule has 1 aromatic heterocycles. The van der Waals surface area contributed by atoms with Crippen LogP contribution in [0.2, 0.25) is 0 Å². The summed E-state index contributed by atoms with van der Waals surface area (Å²) in [6.07, 6.45) is 3.69. The Bertz CT molecular complexity index is 271. The van der Waals surface area contributed by atoms with Gasteiger partial charge in [-0.25, -0.2) is 9.97 Å². The van der Waals surface area contributed by atoms with Gasteiger partial charge in [-0.05, 0) is 0 Å². The molecule has 1 aromatic rings. The molecule has 0 unspecified atom stereocenters. The molecule has 0 aliphatic carbocycles. The van der Waals surface area contributed by atoms with E-state index in [1.807, 2.05) is 20.2 Å². The molecule has 0 N–H and O–H groups in total. The summed E-state index contributed by atoms with van der Waals surface area (Å²) in [6, 6.07) is 0. The number of ether oxygens (including phenoxy) is 1. The van der Waals surface area contributed by atoms with Crippen LogP contribution in [0, 0.1) is 0 Å². The Morgan fingerprint density at radius 2 is 1.85 bits per heavy atom. The largest absolute Gasteiger partial charge is 0.378 e. The molecule has 0 spiro atoms. The highest BCUT2D eigenvalue weighted by Gasteiger charge is 2.12. The molecule has 2 heterocycles. The van der Waals surface area contributed by atoms with Crippen LogP contribution in [-0.2, 0) is 4.74 Å². The second kappa shape index (κ2) is 3.74. The van der Waals surface area contributed by atoms with E-state index >= 15 is 0 Å². The molecule has 2 rings (SSSR count). The van der Waals surface area contributed by atoms with Crippen molar-refractivity contribution in [2.24, 2.45) is 0 Å². The number of anilines is 1. The third kappa shape index (κ3) is 1.98. The van der Waals surface area contributed by atoms with Crippen LogP contribution in [0.5, 0.6) is 0 Å². The smallest absolute Gasteiger partial charge is 0.225 e. The normalized spacial score (nSPS) is 17.4. The summed E-state index contributed by atoms with van der Waals surface area (Å²) in [5, 5.41) is 0. The van der Waals surface area contributed by atoms with Crippen molar-refractivity contribution in [2.75, 3.05) is 31.2 Å². The van der Waals surface area contributed by atoms with Crippen molar-refractivity contribution >= 4 is 19.3 Å². The number of nitrogens with zero attached hydrogens (tertiary/aromatic N) is 3. The first-order chi connectivity index (χ1) is 6.36. The Balaban J connectivity index is 2.10. The summed E-state index contributed by atoms with van der Waals surface area (Å²) >= 11 is 0. The molecule has 0 atom stereocenters. The number of aromatic nitrogens is 2. The molecule has 4 nitrogen and oxygen atoms in total. The minimum atomic E-state index is 0.775. The summed E-state index contributed by atoms with van der Waals surface area (Å²) in [5.41, 5.74) is 1.09. The van der Waals surface area contributed by atoms with Gasteiger partial charge in [-0.1, -0.05) is 5.46 Å². The molecule has 1 saturated heterocycles. The molecule has 13 heavy (non-hydrogen) atoms. The van der Waals surface area contributed by atoms with Gasteiger partial charge in [0.05, 0.1) is 13.2 Å². The van der Waals surface area contributed by atoms with Gasteiger partial charge in [-0.15, -0.1) is 0 Å². The zero-order chi connectivity index (χ0) is 9.10. The van der Waals surface area contributed by atoms with Crippen LogP contribution in [-0.4, -0.2) is 44.1 Å². The molecule has 1 fully saturated rings. The van der Waals surface area contributed by atoms with Gasteiger partial charge < -0.3 is 9.64 Å². The predicted octanol–water partition coefficient (Wildman–Crippen LogP) is -1.43. The minimum Gasteiger partial charge on any atom is -0.378 e. The lowest BCUT2D eigenvalue weighted by molar-refractivity contribution is 0.122. The molecule has 0 amide bonds. The number of hydrogen-bond acceptors (Lipinski definition) is 4. The molecular formula is C8H12BN3O. The molecule has 1 aliphatic rings. The third-order valence-corrected chi connectivity index (χ3v) is 2.06. The minimum absolute atomic E-state index is 0.775. The average Bonchev–Trinajstić information content (AvgIpc) is 2.20. The van der Waals surface area contributed by atoms with Crippen LogP contribution in [0.4, 0.5) is 5.95 Å². The van der Waals surface area contributed by atoms with Crippen molar-refractivity contribution < 1.29 is 4.74 Å². The Morgan fingerprint density at radius 3 is 2.46 bits per heavy atom. The summed E-state index contributed by atoms with van der Waals surface area (Å²) in [6.45, 7) is 3.33. The first kappa shape index (κ1) is 8.50. The van der Waals surface area contributed by atoms with E-state index in [1.165, 1.54) is 0 Å². The van der Waals surface area contributed by atoms with Gasteiger partial charge in [0.2, 0.25) is 5.95 Å². The van der Waals surface area contributed by atoms with Gasteiger partial charge in [0.15, 0.2) is 0 Å². The molecule has 1 aliphatic heterocycles. The van der Waals surface area contributed by atoms with Gasteiger partial charge in [0, 0.05) is 25.5 Å². The molecule has 0 radical (unpaired) electrons. The van der Waals surface area contributed by atoms with Crippen molar-refractivity contribution in [3.63, 3.8) is 0 Å². The zero-order valence-electron chi connectivity index (χ0n) is 7.73. The van der Waals surface area contributed by atoms with E-state index in [0.29, 0.717) is 0 Å². The fourth-order valence-corrected chi connectivity index (χ4v) is 1.31. The maximum Gasteiger partial charge on any atom is 0.225 e. The van der Waals surface area contributed by atoms with Gasteiger partial charge in [-0.3, -0.25) is 0 Å². The van der Waals surface area contributed by atoms with Crippen molar-refractivity contribution in [3.8, 4) is 0 Å². The van der Waals surface area contributed by atoms with Crippen LogP contribution >= 0.6 is 0 Å². The standard InChI is InChI=1S/C8H12BN3O/c9-7-5-10-8(11-6-7)12-1-3-13-4-2-12/h5-6H,1-4,9H2. The number of rotatable bonds is 1. The highest BCUT2D eigenvalue weighted by Crippen LogP contribution is 2.06. The SMILES string of the molecule is Bc1cnc(N2CCOCC2)nc1. The van der Waals surface area contributed by atoms with Gasteiger partial charge in [0.25, 0.3) is 0 Å². The maximum absolute atomic E-state index is 5.25. The van der Waals surface area contributed by atoms with Gasteiger partial charge in [0.1, 0.15) is 7.85 Å². The van der Waals surface area contributed by atoms with E-state index < -0.39 is 0 Å². The monoisotopic (exact) mass is 177 g/mol. The van der Waals surface area contributed by atoms with E-state index in [9.17, 15) is 0 Å². The fraction of sp³-hybridized carbons (Fsp3) is 0.500. The average molecular weight is 177 g/mol. The Hall–Kier alpha value is -1.10. The summed E-state index contributed by atoms with van der Waals surface area (Å²) < 4.78 is 5.25. The van der Waals surface area contributed by atoms with E-state index in [1.54, 1.807) is 0 Å². The lowest BCUT2D eigenvalue weighted by Crippen LogP contribution is -2.37. The Kier molecular flexibility index (Phi) is 2.45. The Labute approximate surface area is 78.3 Å². The highest BCUT2D eigenvalue weighted by molar-refractivity contribution is 6.31. The molecule has 0 aromatic carbocycles. The van der Waals surface area contributed by atoms with E-state index in [4.69, 9.17) is 4.74 Å². The molecule has 68 valence electrons. The summed E-state index contributed by atoms with van der Waals surface area (Å²) in [5.74, 6) is 0.814. The lowest BCUT2D eigenvalue weighted by atomic mass is 10.0. The third-order valence-electron chi connectivity index (χ3n) is 2.06. The van der Waals surface area contributed by atoms with Crippen LogP contribution in [0.3, 0.4) is 0 Å². The van der Waals surface area contributed by atoms with Crippen LogP contribution in [0.15, 0.2) is 12.4 Å². The molecule has 0 saturated carbocycles. The first-order valence-electron chi connectivity index (χ1n) is 4.47. The quantitative estimate of drug-likeness (QED) is 0.493. The van der Waals surface area contributed by atoms with Crippen LogP contribution < -0.4 is 10.4 Å². The van der Waals surface area contributed by atoms with Crippen LogP contribution in [0.1, 0.15) is 0 Å². The second-order valence-electron chi connectivity index (χ2n) is 3.16. The Morgan fingerprint density at radius 1 is 1.23 bits per heavy atom. The van der Waals surface area contributed by atoms with Gasteiger partial charge >= 0.3 is 0 Å². The number of hydrogen-bond donors (Lipinski definition) is 0. The van der Waals surface area contributed by atoms with Crippen LogP contribution in [0.25, 0.3) is 0 Å². The fourth-order valence-electron chi connectivity index (χ4n) is 1.31. The van der Waals surface area contributed by atoms with Crippen molar-refractivity contribution in [1.82, 2.24) is 9.97 Å². The second-order valence-corrected chi connectivity index (χ2v) is 3.16. The highest BCUT2D eigenvalue weighted by atomic mass is 16.5. The summed E-state index contributed by atoms with van der Waals surface area (Å²) in [7, 11) is 1.99. The number of morpholine rings is 1. The molecular weight excluding hydrogens is 165 g/mol. The van der Waals surface area contributed by atoms with Gasteiger partial charge in [-0.2, -0.15) is 0 Å². The zero-order valence-corrected chi connectivity index (χ0v) is 7.73. The van der Waals surface area contributed by atoms with E-state index in [-0.39, 0.29) is 0 Å². The van der Waals surface area contributed by atoms with E-state index in [2.05, 4.69) is 14.9 Å². The predicted molar refractivity (Wildman–Crippen MR) is 53.2 cm³/mol. The van der Waals surface area contributed by atoms with Crippen molar-refractivity contribution in [1.29, 1.82) is 0 Å². The lowest BCUT2D eigenvalue weighted by Gasteiger charge is -2.26. The molecule has 0 bridgehead atoms. The van der Waals surface area contributed by atoms with Crippen molar-refractivity contribution in [2.45, 2.75) is 0 Å². The van der Waals surface area contributed by atoms with E-state index in [0.717, 1.165) is 37.7 Å². The van der Waals surface area contributed by atoms with Crippen molar-refractivity contribution in [3.05, 3.63) is 12.4 Å². The first-order valence-corrected chi connectivity index (χ1v) is 4.47. The molecule has 5 heteroatoms. The maximum atomic E-state index is 5.25. The summed E-state index contributed by atoms with van der Waals surface area (Å²) in [4.78, 5) is 10.7. The topological polar surface area (TPSA) is 38.2 Å².